The molecule has 1 aromatic rings. The lowest BCUT2D eigenvalue weighted by molar-refractivity contribution is 0.0793. The first-order chi connectivity index (χ1) is 7.83. The van der Waals surface area contributed by atoms with Gasteiger partial charge in [-0.1, -0.05) is 11.6 Å². The molecule has 5 nitrogen and oxygen atoms in total. The molecule has 0 bridgehead atoms. The van der Waals surface area contributed by atoms with Gasteiger partial charge in [0.15, 0.2) is 5.15 Å². The van der Waals surface area contributed by atoms with Crippen LogP contribution in [0.5, 0.6) is 5.88 Å². The predicted octanol–water partition coefficient (Wildman–Crippen LogP) is 1.56. The highest BCUT2D eigenvalue weighted by Crippen LogP contribution is 2.07. The van der Waals surface area contributed by atoms with Gasteiger partial charge in [-0.15, -0.1) is 10.2 Å². The molecule has 6 heteroatoms. The smallest absolute Gasteiger partial charge is 0.233 e. The molecule has 0 amide bonds. The number of halogens is 1. The summed E-state index contributed by atoms with van der Waals surface area (Å²) in [6.07, 6.45) is 0.886. The zero-order chi connectivity index (χ0) is 11.6. The van der Waals surface area contributed by atoms with Gasteiger partial charge < -0.3 is 14.2 Å². The lowest BCUT2D eigenvalue weighted by atomic mass is 10.5. The Morgan fingerprint density at radius 1 is 1.12 bits per heavy atom. The lowest BCUT2D eigenvalue weighted by Gasteiger charge is -2.05. The number of hydrogen-bond acceptors (Lipinski definition) is 5. The molecule has 0 saturated heterocycles. The van der Waals surface area contributed by atoms with E-state index in [0.717, 1.165) is 6.42 Å². The van der Waals surface area contributed by atoms with E-state index in [0.29, 0.717) is 37.5 Å². The Hall–Kier alpha value is -0.910. The van der Waals surface area contributed by atoms with E-state index in [2.05, 4.69) is 10.2 Å². The van der Waals surface area contributed by atoms with Crippen LogP contribution in [-0.4, -0.2) is 43.7 Å². The van der Waals surface area contributed by atoms with Crippen molar-refractivity contribution < 1.29 is 14.2 Å². The Bertz CT molecular complexity index is 282. The van der Waals surface area contributed by atoms with Crippen molar-refractivity contribution in [2.24, 2.45) is 0 Å². The van der Waals surface area contributed by atoms with Gasteiger partial charge in [0.05, 0.1) is 6.61 Å². The summed E-state index contributed by atoms with van der Waals surface area (Å²) in [6, 6.07) is 3.30. The summed E-state index contributed by atoms with van der Waals surface area (Å²) in [5, 5.41) is 7.75. The van der Waals surface area contributed by atoms with Gasteiger partial charge in [0.1, 0.15) is 6.61 Å². The van der Waals surface area contributed by atoms with Crippen LogP contribution in [-0.2, 0) is 9.47 Å². The Morgan fingerprint density at radius 2 is 2.00 bits per heavy atom. The third-order valence-corrected chi connectivity index (χ3v) is 1.92. The number of methoxy groups -OCH3 is 1. The van der Waals surface area contributed by atoms with Crippen LogP contribution in [0.3, 0.4) is 0 Å². The van der Waals surface area contributed by atoms with Crippen LogP contribution in [0.4, 0.5) is 0 Å². The standard InChI is InChI=1S/C10H15ClN2O3/c1-14-5-2-6-15-7-8-16-10-4-3-9(11)12-13-10/h3-4H,2,5-8H2,1H3. The summed E-state index contributed by atoms with van der Waals surface area (Å²) in [7, 11) is 1.67. The second-order valence-electron chi connectivity index (χ2n) is 3.00. The molecule has 0 aliphatic carbocycles. The van der Waals surface area contributed by atoms with Gasteiger partial charge >= 0.3 is 0 Å². The normalized spacial score (nSPS) is 10.4. The van der Waals surface area contributed by atoms with Gasteiger partial charge in [-0.2, -0.15) is 0 Å². The van der Waals surface area contributed by atoms with Gasteiger partial charge in [-0.05, 0) is 12.5 Å². The average molecular weight is 247 g/mol. The second kappa shape index (κ2) is 8.27. The SMILES string of the molecule is COCCCOCCOc1ccc(Cl)nn1. The topological polar surface area (TPSA) is 53.5 Å². The predicted molar refractivity (Wildman–Crippen MR) is 59.8 cm³/mol. The summed E-state index contributed by atoms with van der Waals surface area (Å²) in [4.78, 5) is 0. The molecule has 0 aromatic carbocycles. The summed E-state index contributed by atoms with van der Waals surface area (Å²) in [6.45, 7) is 2.35. The van der Waals surface area contributed by atoms with E-state index in [4.69, 9.17) is 25.8 Å². The van der Waals surface area contributed by atoms with Crippen molar-refractivity contribution in [2.45, 2.75) is 6.42 Å². The number of hydrogen-bond donors (Lipinski definition) is 0. The highest BCUT2D eigenvalue weighted by atomic mass is 35.5. The molecule has 0 aliphatic heterocycles. The van der Waals surface area contributed by atoms with E-state index < -0.39 is 0 Å². The van der Waals surface area contributed by atoms with Crippen molar-refractivity contribution in [3.05, 3.63) is 17.3 Å². The molecule has 1 aromatic heterocycles. The Balaban J connectivity index is 2.01. The van der Waals surface area contributed by atoms with Crippen molar-refractivity contribution in [3.63, 3.8) is 0 Å². The quantitative estimate of drug-likeness (QED) is 0.652. The molecule has 1 heterocycles. The number of rotatable bonds is 8. The van der Waals surface area contributed by atoms with Gasteiger partial charge in [0.25, 0.3) is 0 Å². The molecule has 0 saturated carbocycles. The largest absolute Gasteiger partial charge is 0.474 e. The molecule has 1 rings (SSSR count). The third kappa shape index (κ3) is 5.85. The van der Waals surface area contributed by atoms with Gasteiger partial charge in [0.2, 0.25) is 5.88 Å². The summed E-state index contributed by atoms with van der Waals surface area (Å²) >= 11 is 5.58. The van der Waals surface area contributed by atoms with Crippen molar-refractivity contribution in [2.75, 3.05) is 33.5 Å². The van der Waals surface area contributed by atoms with E-state index in [1.54, 1.807) is 19.2 Å². The molecule has 16 heavy (non-hydrogen) atoms. The zero-order valence-electron chi connectivity index (χ0n) is 9.19. The molecule has 0 atom stereocenters. The van der Waals surface area contributed by atoms with E-state index >= 15 is 0 Å². The van der Waals surface area contributed by atoms with Crippen LogP contribution in [0.25, 0.3) is 0 Å². The number of nitrogens with zero attached hydrogens (tertiary/aromatic N) is 2. The van der Waals surface area contributed by atoms with Crippen LogP contribution in [0.2, 0.25) is 5.15 Å². The minimum atomic E-state index is 0.350. The third-order valence-electron chi connectivity index (χ3n) is 1.72. The Kier molecular flexibility index (Phi) is 6.80. The van der Waals surface area contributed by atoms with E-state index in [1.165, 1.54) is 0 Å². The van der Waals surface area contributed by atoms with Gasteiger partial charge in [-0.25, -0.2) is 0 Å². The van der Waals surface area contributed by atoms with Crippen molar-refractivity contribution >= 4 is 11.6 Å². The van der Waals surface area contributed by atoms with Crippen molar-refractivity contribution in [1.82, 2.24) is 10.2 Å². The van der Waals surface area contributed by atoms with Gasteiger partial charge in [0, 0.05) is 26.4 Å². The number of ether oxygens (including phenoxy) is 3. The van der Waals surface area contributed by atoms with Crippen LogP contribution < -0.4 is 4.74 Å². The summed E-state index contributed by atoms with van der Waals surface area (Å²) in [5.41, 5.74) is 0. The van der Waals surface area contributed by atoms with E-state index in [9.17, 15) is 0 Å². The molecule has 0 unspecified atom stereocenters. The first-order valence-electron chi connectivity index (χ1n) is 5.01. The van der Waals surface area contributed by atoms with E-state index in [1.807, 2.05) is 0 Å². The molecule has 0 radical (unpaired) electrons. The monoisotopic (exact) mass is 246 g/mol. The molecule has 0 N–H and O–H groups in total. The Morgan fingerprint density at radius 3 is 2.69 bits per heavy atom. The van der Waals surface area contributed by atoms with Crippen LogP contribution in [0.15, 0.2) is 12.1 Å². The van der Waals surface area contributed by atoms with Crippen molar-refractivity contribution in [3.8, 4) is 5.88 Å². The molecular weight excluding hydrogens is 232 g/mol. The van der Waals surface area contributed by atoms with Crippen molar-refractivity contribution in [1.29, 1.82) is 0 Å². The van der Waals surface area contributed by atoms with E-state index in [-0.39, 0.29) is 0 Å². The maximum absolute atomic E-state index is 5.58. The fourth-order valence-corrected chi connectivity index (χ4v) is 1.09. The minimum Gasteiger partial charge on any atom is -0.474 e. The van der Waals surface area contributed by atoms with Crippen LogP contribution in [0, 0.1) is 0 Å². The zero-order valence-corrected chi connectivity index (χ0v) is 9.94. The summed E-state index contributed by atoms with van der Waals surface area (Å²) < 4.78 is 15.5. The first kappa shape index (κ1) is 13.2. The lowest BCUT2D eigenvalue weighted by Crippen LogP contribution is -2.09. The number of aromatic nitrogens is 2. The molecule has 0 spiro atoms. The Labute approximate surface area is 99.7 Å². The highest BCUT2D eigenvalue weighted by molar-refractivity contribution is 6.29. The molecule has 90 valence electrons. The highest BCUT2D eigenvalue weighted by Gasteiger charge is 1.96. The average Bonchev–Trinajstić information content (AvgIpc) is 2.30. The van der Waals surface area contributed by atoms with Crippen LogP contribution >= 0.6 is 11.6 Å². The minimum absolute atomic E-state index is 0.350. The molecule has 0 aliphatic rings. The first-order valence-corrected chi connectivity index (χ1v) is 5.39. The second-order valence-corrected chi connectivity index (χ2v) is 3.39. The molecular formula is C10H15ClN2O3. The van der Waals surface area contributed by atoms with Gasteiger partial charge in [-0.3, -0.25) is 0 Å². The fourth-order valence-electron chi connectivity index (χ4n) is 0.993. The van der Waals surface area contributed by atoms with Crippen LogP contribution in [0.1, 0.15) is 6.42 Å². The molecule has 0 fully saturated rings. The summed E-state index contributed by atoms with van der Waals surface area (Å²) in [5.74, 6) is 0.449. The maximum Gasteiger partial charge on any atom is 0.233 e. The maximum atomic E-state index is 5.58. The fraction of sp³-hybridized carbons (Fsp3) is 0.600.